The third kappa shape index (κ3) is 17.6. The van der Waals surface area contributed by atoms with Crippen LogP contribution in [0.5, 0.6) is 0 Å². The van der Waals surface area contributed by atoms with Crippen LogP contribution >= 0.6 is 50.9 Å². The zero-order chi connectivity index (χ0) is 64.5. The Morgan fingerprint density at radius 2 is 1.30 bits per heavy atom. The number of fused-ring (bicyclic) bond motifs is 2. The molecule has 2 amide bonds. The lowest BCUT2D eigenvalue weighted by molar-refractivity contribution is -0.267. The maximum absolute atomic E-state index is 13.0. The SMILES string of the molecule is CC(C)(COP(=O)(O)OP(=O)(O)OCC1OC(n2cnc3c(N)ncnc32)C(O)C1OP(=O)(O)O)C(O)C(=O)NCCC(=O)NCCSC(=O)C1OC(OP(=O)(O)OP(=O)(O)OCC2OC(n3cnc4c(=O)[nH]c(N)nc43)C(O)C2O)C(O)C(O)C1O. The van der Waals surface area contributed by atoms with Crippen molar-refractivity contribution in [1.82, 2.24) is 49.7 Å². The fraction of sp³-hybridized carbons (Fsp3) is 0.649. The van der Waals surface area contributed by atoms with Crippen LogP contribution in [-0.4, -0.2) is 233 Å². The van der Waals surface area contributed by atoms with Crippen LogP contribution in [-0.2, 0) is 82.7 Å². The van der Waals surface area contributed by atoms with Crippen molar-refractivity contribution in [3.05, 3.63) is 29.3 Å². The molecule has 0 saturated carbocycles. The number of nitrogens with two attached hydrogens (primary N) is 2. The molecule has 3 aliphatic heterocycles. The number of carbonyl (C=O) groups is 3. The molecule has 3 saturated heterocycles. The Labute approximate surface area is 489 Å². The Hall–Kier alpha value is -4.31. The van der Waals surface area contributed by atoms with Gasteiger partial charge in [-0.3, -0.25) is 55.9 Å². The fourth-order valence-corrected chi connectivity index (χ4v) is 13.9. The standard InChI is InChI=1S/C37H57N12O32P5S/c1-37(2,9-74-85(68,69)80-83(64,65)73-8-14-24(78-82(61,62)63)23(56)33(76-14)48-11-44-16-27(38)42-10-43-28(16)48)26(57)31(59)41-4-3-15(50)40-5-6-87-34(60)25-20(53)19(52)22(55)35(77-25)79-86(70,71)81-84(66,67)72-7-13-18(51)21(54)32(75-13)49-12-45-17-29(49)46-36(39)47-30(17)58/h10-14,18-26,32-33,35,51-57H,3-9H2,1-2H3,(H,40,50)(H,41,59)(H,64,65)(H,66,67)(H,68,69)(H,70,71)(H2,38,42,43)(H2,61,62,63)(H3,39,46,47,58). The van der Waals surface area contributed by atoms with Gasteiger partial charge < -0.3 is 101 Å². The number of nitrogens with one attached hydrogen (secondary N) is 3. The number of H-pyrrole nitrogens is 1. The summed E-state index contributed by atoms with van der Waals surface area (Å²) in [6.45, 7) is -1.84. The van der Waals surface area contributed by atoms with Crippen LogP contribution in [0.4, 0.5) is 11.8 Å². The van der Waals surface area contributed by atoms with Gasteiger partial charge in [0.2, 0.25) is 22.9 Å². The van der Waals surface area contributed by atoms with E-state index < -0.39 is 186 Å². The van der Waals surface area contributed by atoms with E-state index in [9.17, 15) is 107 Å². The molecule has 7 heterocycles. The van der Waals surface area contributed by atoms with E-state index in [1.54, 1.807) is 0 Å². The molecule has 0 bridgehead atoms. The Balaban J connectivity index is 0.801. The Kier molecular flexibility index (Phi) is 22.3. The fourth-order valence-electron chi connectivity index (χ4n) is 8.19. The van der Waals surface area contributed by atoms with Crippen LogP contribution in [0.1, 0.15) is 32.7 Å². The molecule has 18 atom stereocenters. The predicted molar refractivity (Wildman–Crippen MR) is 280 cm³/mol. The van der Waals surface area contributed by atoms with Crippen molar-refractivity contribution in [3.63, 3.8) is 0 Å². The van der Waals surface area contributed by atoms with E-state index >= 15 is 0 Å². The summed E-state index contributed by atoms with van der Waals surface area (Å²) in [6.07, 6.45) is -25.3. The second-order valence-corrected chi connectivity index (χ2v) is 27.7. The van der Waals surface area contributed by atoms with Crippen molar-refractivity contribution in [1.29, 1.82) is 0 Å². The first kappa shape index (κ1) is 70.2. The van der Waals surface area contributed by atoms with Crippen LogP contribution in [0.2, 0.25) is 0 Å². The number of aromatic amines is 1. The van der Waals surface area contributed by atoms with Crippen LogP contribution in [0, 0.1) is 5.41 Å². The minimum Gasteiger partial charge on any atom is -0.387 e. The minimum absolute atomic E-state index is 0.0239. The molecule has 87 heavy (non-hydrogen) atoms. The van der Waals surface area contributed by atoms with Gasteiger partial charge in [0.05, 0.1) is 32.5 Å². The van der Waals surface area contributed by atoms with E-state index in [1.807, 2.05) is 0 Å². The van der Waals surface area contributed by atoms with Gasteiger partial charge in [-0.05, 0) is 0 Å². The number of nitrogens with zero attached hydrogens (tertiary/aromatic N) is 7. The number of aromatic nitrogens is 8. The summed E-state index contributed by atoms with van der Waals surface area (Å²) in [7, 11) is -28.4. The van der Waals surface area contributed by atoms with Gasteiger partial charge in [-0.25, -0.2) is 42.8 Å². The maximum atomic E-state index is 13.0. The quantitative estimate of drug-likeness (QED) is 0.0186. The number of phosphoric acid groups is 5. The highest BCUT2D eigenvalue weighted by molar-refractivity contribution is 8.13. The number of aliphatic hydroxyl groups is 7. The molecular formula is C37H57N12O32P5S. The molecule has 3 fully saturated rings. The number of carbonyl (C=O) groups excluding carboxylic acids is 3. The number of rotatable bonds is 28. The number of thioether (sulfide) groups is 1. The molecule has 20 N–H and O–H groups in total. The zero-order valence-corrected chi connectivity index (χ0v) is 49.6. The van der Waals surface area contributed by atoms with Crippen LogP contribution in [0.25, 0.3) is 22.3 Å². The van der Waals surface area contributed by atoms with Crippen molar-refractivity contribution < 1.29 is 148 Å². The molecular weight excluding hydrogens is 1310 g/mol. The highest BCUT2D eigenvalue weighted by Crippen LogP contribution is 2.63. The average Bonchev–Trinajstić information content (AvgIpc) is 1.89. The number of phosphoric ester groups is 5. The van der Waals surface area contributed by atoms with Crippen molar-refractivity contribution in [2.75, 3.05) is 50.1 Å². The summed E-state index contributed by atoms with van der Waals surface area (Å²) in [5, 5.41) is 77.6. The van der Waals surface area contributed by atoms with E-state index in [4.69, 9.17) is 34.7 Å². The molecule has 44 nitrogen and oxygen atoms in total. The lowest BCUT2D eigenvalue weighted by atomic mass is 9.87. The molecule has 0 aliphatic carbocycles. The van der Waals surface area contributed by atoms with Gasteiger partial charge in [-0.1, -0.05) is 25.6 Å². The number of anilines is 2. The van der Waals surface area contributed by atoms with Crippen molar-refractivity contribution in [2.45, 2.75) is 106 Å². The number of aliphatic hydroxyl groups excluding tert-OH is 7. The van der Waals surface area contributed by atoms with Gasteiger partial charge in [0.15, 0.2) is 47.5 Å². The van der Waals surface area contributed by atoms with Crippen LogP contribution in [0.3, 0.4) is 0 Å². The summed E-state index contributed by atoms with van der Waals surface area (Å²) < 4.78 is 113. The van der Waals surface area contributed by atoms with Gasteiger partial charge in [0.25, 0.3) is 5.56 Å². The molecule has 0 radical (unpaired) electrons. The minimum atomic E-state index is -5.93. The highest BCUT2D eigenvalue weighted by atomic mass is 32.2. The van der Waals surface area contributed by atoms with Crippen LogP contribution < -0.4 is 27.7 Å². The second-order valence-electron chi connectivity index (χ2n) is 19.4. The predicted octanol–water partition coefficient (Wildman–Crippen LogP) is -5.94. The third-order valence-corrected chi connectivity index (χ3v) is 19.1. The summed E-state index contributed by atoms with van der Waals surface area (Å²) >= 11 is 0.353. The molecule has 18 unspecified atom stereocenters. The van der Waals surface area contributed by atoms with Gasteiger partial charge >= 0.3 is 39.1 Å². The van der Waals surface area contributed by atoms with Crippen molar-refractivity contribution >= 4 is 102 Å². The lowest BCUT2D eigenvalue weighted by Gasteiger charge is -2.39. The summed E-state index contributed by atoms with van der Waals surface area (Å²) in [4.78, 5) is 132. The number of hydrogen-bond donors (Lipinski definition) is 18. The monoisotopic (exact) mass is 1370 g/mol. The van der Waals surface area contributed by atoms with Crippen molar-refractivity contribution in [2.24, 2.45) is 5.41 Å². The van der Waals surface area contributed by atoms with Gasteiger partial charge in [0, 0.05) is 30.7 Å². The molecule has 3 aliphatic rings. The largest absolute Gasteiger partial charge is 0.483 e. The maximum Gasteiger partial charge on any atom is 0.483 e. The second kappa shape index (κ2) is 27.7. The van der Waals surface area contributed by atoms with E-state index in [0.717, 1.165) is 42.0 Å². The molecule has 50 heteroatoms. The number of imidazole rings is 2. The molecule has 0 aromatic carbocycles. The summed E-state index contributed by atoms with van der Waals surface area (Å²) in [5.41, 5.74) is 8.37. The van der Waals surface area contributed by atoms with E-state index in [0.29, 0.717) is 11.8 Å². The number of nitrogen functional groups attached to an aromatic ring is 2. The first-order valence-corrected chi connectivity index (χ1v) is 33.0. The van der Waals surface area contributed by atoms with E-state index in [-0.39, 0.29) is 46.4 Å². The Morgan fingerprint density at radius 1 is 0.713 bits per heavy atom. The van der Waals surface area contributed by atoms with E-state index in [1.165, 1.54) is 0 Å². The molecule has 4 aromatic heterocycles. The molecule has 488 valence electrons. The highest BCUT2D eigenvalue weighted by Gasteiger charge is 2.53. The third-order valence-electron chi connectivity index (χ3n) is 12.5. The number of hydrogen-bond acceptors (Lipinski definition) is 34. The van der Waals surface area contributed by atoms with E-state index in [2.05, 4.69) is 62.7 Å². The smallest absolute Gasteiger partial charge is 0.387 e. The van der Waals surface area contributed by atoms with Gasteiger partial charge in [-0.2, -0.15) is 13.6 Å². The lowest BCUT2D eigenvalue weighted by Crippen LogP contribution is -2.59. The number of ether oxygens (including phenoxy) is 3. The molecule has 7 rings (SSSR count). The summed E-state index contributed by atoms with van der Waals surface area (Å²) in [5.74, 6) is -2.65. The summed E-state index contributed by atoms with van der Waals surface area (Å²) in [6, 6.07) is 0. The van der Waals surface area contributed by atoms with Gasteiger partial charge in [-0.15, -0.1) is 0 Å². The molecule has 4 aromatic rings. The first-order chi connectivity index (χ1) is 40.3. The average molecular weight is 1370 g/mol. The first-order valence-electron chi connectivity index (χ1n) is 24.5. The zero-order valence-electron chi connectivity index (χ0n) is 44.3. The van der Waals surface area contributed by atoms with Gasteiger partial charge in [0.1, 0.15) is 72.9 Å². The normalized spacial score (nSPS) is 29.4. The number of amides is 2. The topological polar surface area (TPSA) is 675 Å². The Bertz CT molecular complexity index is 3470. The molecule has 0 spiro atoms. The Morgan fingerprint density at radius 3 is 1.95 bits per heavy atom. The van der Waals surface area contributed by atoms with Crippen molar-refractivity contribution in [3.8, 4) is 0 Å². The van der Waals surface area contributed by atoms with Crippen LogP contribution in [0.15, 0.2) is 23.8 Å².